The molecule has 11 nitrogen and oxygen atoms in total. The maximum atomic E-state index is 12.1. The highest BCUT2D eigenvalue weighted by Crippen LogP contribution is 2.10. The van der Waals surface area contributed by atoms with Crippen LogP contribution in [0.4, 0.5) is 0 Å². The number of carbonyl (C=O) groups excluding carboxylic acids is 4. The fraction of sp³-hybridized carbons (Fsp3) is 0.583. The summed E-state index contributed by atoms with van der Waals surface area (Å²) >= 11 is 0. The molecule has 0 saturated heterocycles. The van der Waals surface area contributed by atoms with E-state index >= 15 is 0 Å². The van der Waals surface area contributed by atoms with E-state index in [-0.39, 0.29) is 29.8 Å². The molecule has 0 bridgehead atoms. The van der Waals surface area contributed by atoms with Gasteiger partial charge >= 0.3 is 23.9 Å². The average Bonchev–Trinajstić information content (AvgIpc) is 2.78. The van der Waals surface area contributed by atoms with Gasteiger partial charge < -0.3 is 33.9 Å². The zero-order valence-electron chi connectivity index (χ0n) is 20.4. The van der Waals surface area contributed by atoms with E-state index in [1.807, 2.05) is 13.8 Å². The summed E-state index contributed by atoms with van der Waals surface area (Å²) in [5, 5.41) is 19.6. The van der Waals surface area contributed by atoms with Gasteiger partial charge in [0.15, 0.2) is 0 Å². The van der Waals surface area contributed by atoms with Crippen molar-refractivity contribution in [3.8, 4) is 0 Å². The predicted octanol–water partition coefficient (Wildman–Crippen LogP) is 1.28. The Hall–Kier alpha value is -3.02. The molecule has 0 fully saturated rings. The Kier molecular flexibility index (Phi) is 13.5. The van der Waals surface area contributed by atoms with Crippen LogP contribution in [0, 0.1) is 5.92 Å². The lowest BCUT2D eigenvalue weighted by Gasteiger charge is -2.13. The van der Waals surface area contributed by atoms with E-state index in [0.717, 1.165) is 0 Å². The molecule has 0 aliphatic rings. The van der Waals surface area contributed by atoms with Crippen LogP contribution < -0.4 is 0 Å². The summed E-state index contributed by atoms with van der Waals surface area (Å²) in [4.78, 5) is 47.0. The molecule has 0 radical (unpaired) electrons. The van der Waals surface area contributed by atoms with Crippen LogP contribution in [0.1, 0.15) is 54.8 Å². The van der Waals surface area contributed by atoms with Gasteiger partial charge in [0.25, 0.3) is 0 Å². The molecule has 0 aliphatic heterocycles. The minimum Gasteiger partial charge on any atom is -0.461 e. The summed E-state index contributed by atoms with van der Waals surface area (Å²) in [5.41, 5.74) is 0.331. The van der Waals surface area contributed by atoms with Crippen LogP contribution in [0.5, 0.6) is 0 Å². The van der Waals surface area contributed by atoms with E-state index in [0.29, 0.717) is 6.42 Å². The first-order chi connectivity index (χ1) is 16.5. The van der Waals surface area contributed by atoms with Crippen molar-refractivity contribution in [3.05, 3.63) is 35.4 Å². The highest BCUT2D eigenvalue weighted by molar-refractivity contribution is 5.93. The summed E-state index contributed by atoms with van der Waals surface area (Å²) in [6.45, 7) is 5.31. The summed E-state index contributed by atoms with van der Waals surface area (Å²) in [7, 11) is 0. The molecule has 0 amide bonds. The lowest BCUT2D eigenvalue weighted by molar-refractivity contribution is -0.159. The molecule has 2 unspecified atom stereocenters. The maximum Gasteiger partial charge on any atom is 0.338 e. The second-order valence-corrected chi connectivity index (χ2v) is 8.43. The normalized spacial score (nSPS) is 12.7. The highest BCUT2D eigenvalue weighted by atomic mass is 16.6. The Bertz CT molecular complexity index is 817. The third kappa shape index (κ3) is 13.5. The fourth-order valence-electron chi connectivity index (χ4n) is 2.66. The molecule has 1 aromatic rings. The maximum absolute atomic E-state index is 12.1. The van der Waals surface area contributed by atoms with Crippen molar-refractivity contribution in [2.45, 2.75) is 52.4 Å². The monoisotopic (exact) mass is 498 g/mol. The Morgan fingerprint density at radius 3 is 1.66 bits per heavy atom. The third-order valence-corrected chi connectivity index (χ3v) is 4.16. The van der Waals surface area contributed by atoms with Crippen LogP contribution in [-0.4, -0.2) is 85.4 Å². The number of aliphatic hydroxyl groups is 2. The van der Waals surface area contributed by atoms with Crippen LogP contribution in [0.2, 0.25) is 0 Å². The first-order valence-electron chi connectivity index (χ1n) is 11.2. The van der Waals surface area contributed by atoms with Crippen LogP contribution >= 0.6 is 0 Å². The fourth-order valence-corrected chi connectivity index (χ4v) is 2.66. The van der Waals surface area contributed by atoms with E-state index < -0.39 is 62.5 Å². The van der Waals surface area contributed by atoms with Crippen LogP contribution in [-0.2, 0) is 33.3 Å². The molecule has 0 aliphatic carbocycles. The van der Waals surface area contributed by atoms with Gasteiger partial charge in [-0.1, -0.05) is 13.8 Å². The van der Waals surface area contributed by atoms with E-state index in [4.69, 9.17) is 23.7 Å². The van der Waals surface area contributed by atoms with E-state index in [2.05, 4.69) is 0 Å². The first kappa shape index (κ1) is 30.0. The number of esters is 4. The number of benzene rings is 1. The van der Waals surface area contributed by atoms with Crippen LogP contribution in [0.3, 0.4) is 0 Å². The lowest BCUT2D eigenvalue weighted by atomic mass is 10.1. The Balaban J connectivity index is 2.32. The van der Waals surface area contributed by atoms with Crippen molar-refractivity contribution in [2.75, 3.05) is 33.0 Å². The van der Waals surface area contributed by atoms with E-state index in [9.17, 15) is 29.4 Å². The van der Waals surface area contributed by atoms with Crippen molar-refractivity contribution in [1.82, 2.24) is 0 Å². The zero-order chi connectivity index (χ0) is 26.4. The lowest BCUT2D eigenvalue weighted by Crippen LogP contribution is -2.27. The van der Waals surface area contributed by atoms with Gasteiger partial charge in [-0.05, 0) is 50.5 Å². The summed E-state index contributed by atoms with van der Waals surface area (Å²) < 4.78 is 24.5. The summed E-state index contributed by atoms with van der Waals surface area (Å²) in [6, 6.07) is 5.47. The SMILES string of the molecule is CC(C)CC(O)COC(=O)c1ccc(C(=O)OCC(O)COC(=O)COCC(=O)OC(C)C)cc1. The van der Waals surface area contributed by atoms with E-state index in [1.54, 1.807) is 13.8 Å². The second-order valence-electron chi connectivity index (χ2n) is 8.43. The molecule has 2 N–H and O–H groups in total. The molecular weight excluding hydrogens is 464 g/mol. The number of hydrogen-bond donors (Lipinski definition) is 2. The highest BCUT2D eigenvalue weighted by Gasteiger charge is 2.16. The summed E-state index contributed by atoms with van der Waals surface area (Å²) in [6.07, 6.45) is -1.82. The minimum atomic E-state index is -1.28. The van der Waals surface area contributed by atoms with Crippen molar-refractivity contribution in [2.24, 2.45) is 5.92 Å². The summed E-state index contributed by atoms with van der Waals surface area (Å²) in [5.74, 6) is -2.56. The largest absolute Gasteiger partial charge is 0.461 e. The van der Waals surface area contributed by atoms with Gasteiger partial charge in [-0.3, -0.25) is 0 Å². The molecule has 1 rings (SSSR count). The van der Waals surface area contributed by atoms with Crippen LogP contribution in [0.25, 0.3) is 0 Å². The molecule has 1 aromatic carbocycles. The van der Waals surface area contributed by atoms with Crippen molar-refractivity contribution in [1.29, 1.82) is 0 Å². The number of ether oxygens (including phenoxy) is 5. The quantitative estimate of drug-likeness (QED) is 0.265. The molecule has 0 heterocycles. The Morgan fingerprint density at radius 1 is 0.714 bits per heavy atom. The van der Waals surface area contributed by atoms with Gasteiger partial charge in [0.2, 0.25) is 0 Å². The van der Waals surface area contributed by atoms with Gasteiger partial charge in [-0.25, -0.2) is 19.2 Å². The standard InChI is InChI=1S/C24H34O11/c1-15(2)9-19(25)10-33-23(29)17-5-7-18(8-6-17)24(30)34-12-20(26)11-32-21(27)13-31-14-22(28)35-16(3)4/h5-8,15-16,19-20,25-26H,9-14H2,1-4H3. The molecule has 2 atom stereocenters. The minimum absolute atomic E-state index is 0.125. The van der Waals surface area contributed by atoms with Crippen molar-refractivity contribution in [3.63, 3.8) is 0 Å². The molecule has 0 aromatic heterocycles. The molecule has 11 heteroatoms. The van der Waals surface area contributed by atoms with Crippen molar-refractivity contribution >= 4 is 23.9 Å². The number of rotatable bonds is 15. The van der Waals surface area contributed by atoms with Crippen LogP contribution in [0.15, 0.2) is 24.3 Å². The topological polar surface area (TPSA) is 155 Å². The molecule has 196 valence electrons. The van der Waals surface area contributed by atoms with Gasteiger partial charge in [0.05, 0.1) is 23.3 Å². The van der Waals surface area contributed by atoms with Gasteiger partial charge in [0, 0.05) is 0 Å². The molecule has 35 heavy (non-hydrogen) atoms. The van der Waals surface area contributed by atoms with Gasteiger partial charge in [-0.15, -0.1) is 0 Å². The Labute approximate surface area is 204 Å². The molecular formula is C24H34O11. The van der Waals surface area contributed by atoms with E-state index in [1.165, 1.54) is 24.3 Å². The van der Waals surface area contributed by atoms with Gasteiger partial charge in [0.1, 0.15) is 39.1 Å². The molecule has 0 spiro atoms. The van der Waals surface area contributed by atoms with Gasteiger partial charge in [-0.2, -0.15) is 0 Å². The third-order valence-electron chi connectivity index (χ3n) is 4.16. The second kappa shape index (κ2) is 15.8. The molecule has 0 saturated carbocycles. The number of carbonyl (C=O) groups is 4. The smallest absolute Gasteiger partial charge is 0.338 e. The van der Waals surface area contributed by atoms with Crippen molar-refractivity contribution < 1.29 is 53.1 Å². The Morgan fingerprint density at radius 2 is 1.17 bits per heavy atom. The first-order valence-corrected chi connectivity index (χ1v) is 11.2. The number of aliphatic hydroxyl groups excluding tert-OH is 2. The zero-order valence-corrected chi connectivity index (χ0v) is 20.4. The number of hydrogen-bond acceptors (Lipinski definition) is 11. The average molecular weight is 499 g/mol. The predicted molar refractivity (Wildman–Crippen MR) is 121 cm³/mol.